The molecule has 1 rings (SSSR count). The van der Waals surface area contributed by atoms with E-state index in [1.807, 2.05) is 42.3 Å². The van der Waals surface area contributed by atoms with E-state index < -0.39 is 0 Å². The number of anilines is 1. The lowest BCUT2D eigenvalue weighted by atomic mass is 10.3. The first-order valence-electron chi connectivity index (χ1n) is 5.38. The highest BCUT2D eigenvalue weighted by molar-refractivity contribution is 7.96. The van der Waals surface area contributed by atoms with Crippen molar-refractivity contribution in [1.82, 2.24) is 4.90 Å². The molecular formula is C12H18N2OS. The van der Waals surface area contributed by atoms with Crippen LogP contribution < -0.4 is 5.32 Å². The fraction of sp³-hybridized carbons (Fsp3) is 0.417. The minimum atomic E-state index is -0.0847. The maximum atomic E-state index is 10.7. The molecule has 0 aliphatic carbocycles. The lowest BCUT2D eigenvalue weighted by Crippen LogP contribution is -2.25. The summed E-state index contributed by atoms with van der Waals surface area (Å²) in [5.74, 6) is 0. The lowest BCUT2D eigenvalue weighted by Gasteiger charge is -2.14. The Balaban J connectivity index is 2.10. The van der Waals surface area contributed by atoms with Crippen molar-refractivity contribution in [3.8, 4) is 0 Å². The summed E-state index contributed by atoms with van der Waals surface area (Å²) >= 11 is 3.74. The van der Waals surface area contributed by atoms with Crippen LogP contribution in [0.3, 0.4) is 0 Å². The summed E-state index contributed by atoms with van der Waals surface area (Å²) in [6.07, 6.45) is 1.01. The van der Waals surface area contributed by atoms with Gasteiger partial charge in [-0.05, 0) is 25.6 Å². The quantitative estimate of drug-likeness (QED) is 0.562. The molecule has 1 aromatic rings. The summed E-state index contributed by atoms with van der Waals surface area (Å²) in [5.41, 5.74) is 1.13. The highest BCUT2D eigenvalue weighted by Crippen LogP contribution is 2.04. The standard InChI is InChI=1S/C12H18N2OS/c1-14(10-12(15)16)9-5-8-13-11-6-3-2-4-7-11/h2-4,6-7,13H,5,8-10H2,1H3,(H,15,16). The SMILES string of the molecule is CN(CCCNc1ccccc1)CC(=O)S. The van der Waals surface area contributed by atoms with Gasteiger partial charge in [0.15, 0.2) is 5.12 Å². The third kappa shape index (κ3) is 5.78. The van der Waals surface area contributed by atoms with Gasteiger partial charge in [0.1, 0.15) is 0 Å². The van der Waals surface area contributed by atoms with E-state index in [0.717, 1.165) is 25.2 Å². The predicted octanol–water partition coefficient (Wildman–Crippen LogP) is 1.88. The molecule has 16 heavy (non-hydrogen) atoms. The van der Waals surface area contributed by atoms with E-state index in [1.54, 1.807) is 0 Å². The molecule has 0 aliphatic rings. The molecule has 4 heteroatoms. The first-order valence-corrected chi connectivity index (χ1v) is 5.82. The number of para-hydroxylation sites is 1. The average Bonchev–Trinajstić information content (AvgIpc) is 2.25. The monoisotopic (exact) mass is 238 g/mol. The van der Waals surface area contributed by atoms with Gasteiger partial charge in [0.05, 0.1) is 6.54 Å². The molecular weight excluding hydrogens is 220 g/mol. The number of carbonyl (C=O) groups is 1. The van der Waals surface area contributed by atoms with Crippen LogP contribution in [0.25, 0.3) is 0 Å². The van der Waals surface area contributed by atoms with Crippen molar-refractivity contribution in [3.05, 3.63) is 30.3 Å². The van der Waals surface area contributed by atoms with E-state index in [1.165, 1.54) is 0 Å². The first-order chi connectivity index (χ1) is 7.68. The van der Waals surface area contributed by atoms with Crippen LogP contribution in [-0.2, 0) is 4.79 Å². The summed E-state index contributed by atoms with van der Waals surface area (Å²) < 4.78 is 0. The zero-order valence-corrected chi connectivity index (χ0v) is 10.4. The zero-order chi connectivity index (χ0) is 11.8. The second-order valence-electron chi connectivity index (χ2n) is 3.78. The number of carbonyl (C=O) groups excluding carboxylic acids is 1. The minimum Gasteiger partial charge on any atom is -0.385 e. The third-order valence-corrected chi connectivity index (χ3v) is 2.37. The largest absolute Gasteiger partial charge is 0.385 e. The van der Waals surface area contributed by atoms with E-state index in [-0.39, 0.29) is 5.12 Å². The normalized spacial score (nSPS) is 10.4. The van der Waals surface area contributed by atoms with Gasteiger partial charge < -0.3 is 5.32 Å². The molecule has 0 aliphatic heterocycles. The molecule has 0 spiro atoms. The first kappa shape index (κ1) is 13.1. The van der Waals surface area contributed by atoms with Gasteiger partial charge >= 0.3 is 0 Å². The smallest absolute Gasteiger partial charge is 0.199 e. The highest BCUT2D eigenvalue weighted by Gasteiger charge is 2.01. The van der Waals surface area contributed by atoms with E-state index in [4.69, 9.17) is 0 Å². The fourth-order valence-corrected chi connectivity index (χ4v) is 1.69. The van der Waals surface area contributed by atoms with Crippen molar-refractivity contribution in [3.63, 3.8) is 0 Å². The van der Waals surface area contributed by atoms with Gasteiger partial charge in [-0.3, -0.25) is 9.69 Å². The molecule has 0 heterocycles. The van der Waals surface area contributed by atoms with E-state index in [9.17, 15) is 4.79 Å². The van der Waals surface area contributed by atoms with Crippen LogP contribution in [0.1, 0.15) is 6.42 Å². The van der Waals surface area contributed by atoms with Gasteiger partial charge in [-0.15, -0.1) is 12.6 Å². The van der Waals surface area contributed by atoms with Crippen molar-refractivity contribution in [2.45, 2.75) is 6.42 Å². The predicted molar refractivity (Wildman–Crippen MR) is 71.0 cm³/mol. The molecule has 0 bridgehead atoms. The Bertz CT molecular complexity index is 316. The van der Waals surface area contributed by atoms with Crippen molar-refractivity contribution in [1.29, 1.82) is 0 Å². The topological polar surface area (TPSA) is 32.3 Å². The number of hydrogen-bond acceptors (Lipinski definition) is 3. The third-order valence-electron chi connectivity index (χ3n) is 2.22. The molecule has 0 fully saturated rings. The summed E-state index contributed by atoms with van der Waals surface area (Å²) in [4.78, 5) is 12.7. The number of benzene rings is 1. The average molecular weight is 238 g/mol. The molecule has 0 saturated heterocycles. The Hall–Kier alpha value is -1.000. The molecule has 0 saturated carbocycles. The summed E-state index contributed by atoms with van der Waals surface area (Å²) in [5, 5.41) is 3.24. The number of thiol groups is 1. The molecule has 1 N–H and O–H groups in total. The van der Waals surface area contributed by atoms with Gasteiger partial charge in [0, 0.05) is 18.8 Å². The summed E-state index contributed by atoms with van der Waals surface area (Å²) in [7, 11) is 1.93. The Morgan fingerprint density at radius 1 is 1.38 bits per heavy atom. The van der Waals surface area contributed by atoms with E-state index in [0.29, 0.717) is 6.54 Å². The van der Waals surface area contributed by atoms with Gasteiger partial charge in [-0.25, -0.2) is 0 Å². The van der Waals surface area contributed by atoms with E-state index >= 15 is 0 Å². The molecule has 0 aromatic heterocycles. The molecule has 0 atom stereocenters. The maximum absolute atomic E-state index is 10.7. The second-order valence-corrected chi connectivity index (χ2v) is 4.28. The van der Waals surface area contributed by atoms with Crippen LogP contribution in [0, 0.1) is 0 Å². The number of rotatable bonds is 7. The molecule has 0 radical (unpaired) electrons. The van der Waals surface area contributed by atoms with Crippen LogP contribution in [0.15, 0.2) is 30.3 Å². The van der Waals surface area contributed by atoms with Crippen LogP contribution in [0.5, 0.6) is 0 Å². The molecule has 0 unspecified atom stereocenters. The Morgan fingerprint density at radius 3 is 2.69 bits per heavy atom. The van der Waals surface area contributed by atoms with Gasteiger partial charge in [0.25, 0.3) is 0 Å². The van der Waals surface area contributed by atoms with Crippen LogP contribution in [-0.4, -0.2) is 36.7 Å². The lowest BCUT2D eigenvalue weighted by molar-refractivity contribution is -0.111. The molecule has 3 nitrogen and oxygen atoms in total. The number of nitrogens with zero attached hydrogens (tertiary/aromatic N) is 1. The molecule has 0 amide bonds. The molecule has 88 valence electrons. The van der Waals surface area contributed by atoms with Crippen LogP contribution in [0.4, 0.5) is 5.69 Å². The van der Waals surface area contributed by atoms with Crippen molar-refractivity contribution in [2.75, 3.05) is 32.0 Å². The number of hydrogen-bond donors (Lipinski definition) is 2. The number of nitrogens with one attached hydrogen (secondary N) is 1. The van der Waals surface area contributed by atoms with Crippen LogP contribution >= 0.6 is 12.6 Å². The van der Waals surface area contributed by atoms with E-state index in [2.05, 4.69) is 17.9 Å². The fourth-order valence-electron chi connectivity index (χ4n) is 1.45. The maximum Gasteiger partial charge on any atom is 0.199 e. The van der Waals surface area contributed by atoms with Crippen LogP contribution in [0.2, 0.25) is 0 Å². The summed E-state index contributed by atoms with van der Waals surface area (Å²) in [6, 6.07) is 10.1. The Morgan fingerprint density at radius 2 is 2.06 bits per heavy atom. The highest BCUT2D eigenvalue weighted by atomic mass is 32.1. The van der Waals surface area contributed by atoms with Gasteiger partial charge in [-0.1, -0.05) is 18.2 Å². The minimum absolute atomic E-state index is 0.0847. The zero-order valence-electron chi connectivity index (χ0n) is 9.52. The van der Waals surface area contributed by atoms with Gasteiger partial charge in [-0.2, -0.15) is 0 Å². The second kappa shape index (κ2) is 7.30. The Kier molecular flexibility index (Phi) is 5.96. The molecule has 1 aromatic carbocycles. The van der Waals surface area contributed by atoms with Crippen molar-refractivity contribution >= 4 is 23.4 Å². The number of likely N-dealkylation sites (N-methyl/N-ethyl adjacent to an activating group) is 1. The van der Waals surface area contributed by atoms with Gasteiger partial charge in [0.2, 0.25) is 0 Å². The Labute approximate surface area is 102 Å². The summed E-state index contributed by atoms with van der Waals surface area (Å²) in [6.45, 7) is 2.22. The van der Waals surface area contributed by atoms with Crippen molar-refractivity contribution < 1.29 is 4.79 Å². The van der Waals surface area contributed by atoms with Crippen molar-refractivity contribution in [2.24, 2.45) is 0 Å².